The van der Waals surface area contributed by atoms with Gasteiger partial charge >= 0.3 is 0 Å². The Morgan fingerprint density at radius 3 is 2.68 bits per heavy atom. The van der Waals surface area contributed by atoms with E-state index in [2.05, 4.69) is 15.4 Å². The van der Waals surface area contributed by atoms with Gasteiger partial charge in [-0.1, -0.05) is 29.8 Å². The van der Waals surface area contributed by atoms with E-state index in [0.717, 1.165) is 22.5 Å². The minimum Gasteiger partial charge on any atom is -0.348 e. The molecule has 25 heavy (non-hydrogen) atoms. The normalized spacial score (nSPS) is 10.7. The van der Waals surface area contributed by atoms with Crippen molar-refractivity contribution in [1.29, 1.82) is 0 Å². The Kier molecular flexibility index (Phi) is 5.14. The first-order valence-electron chi connectivity index (χ1n) is 8.00. The number of pyridine rings is 1. The molecule has 0 aliphatic carbocycles. The monoisotopic (exact) mass is 354 g/mol. The van der Waals surface area contributed by atoms with Crippen LogP contribution in [-0.2, 0) is 13.1 Å². The van der Waals surface area contributed by atoms with Crippen molar-refractivity contribution in [2.75, 3.05) is 0 Å². The third-order valence-electron chi connectivity index (χ3n) is 3.99. The summed E-state index contributed by atoms with van der Waals surface area (Å²) < 4.78 is 1.85. The standard InChI is InChI=1S/C19H19ClN4O/c1-13-18(20)14(2)24(23-13)12-15-5-3-7-17(9-15)19(25)22-11-16-6-4-8-21-10-16/h3-10H,11-12H2,1-2H3,(H,22,25). The maximum atomic E-state index is 12.4. The molecule has 2 heterocycles. The molecule has 0 atom stereocenters. The quantitative estimate of drug-likeness (QED) is 0.762. The van der Waals surface area contributed by atoms with E-state index in [1.807, 2.05) is 48.9 Å². The Labute approximate surface area is 151 Å². The number of aryl methyl sites for hydroxylation is 1. The molecule has 5 nitrogen and oxygen atoms in total. The van der Waals surface area contributed by atoms with Crippen LogP contribution in [0.1, 0.15) is 32.9 Å². The molecule has 0 radical (unpaired) electrons. The molecule has 0 fully saturated rings. The van der Waals surface area contributed by atoms with Crippen LogP contribution in [0.3, 0.4) is 0 Å². The van der Waals surface area contributed by atoms with E-state index in [1.165, 1.54) is 0 Å². The molecule has 0 bridgehead atoms. The topological polar surface area (TPSA) is 59.8 Å². The van der Waals surface area contributed by atoms with E-state index >= 15 is 0 Å². The van der Waals surface area contributed by atoms with Crippen LogP contribution in [0, 0.1) is 13.8 Å². The zero-order chi connectivity index (χ0) is 17.8. The van der Waals surface area contributed by atoms with Gasteiger partial charge < -0.3 is 5.32 Å². The van der Waals surface area contributed by atoms with Gasteiger partial charge in [-0.05, 0) is 43.2 Å². The molecule has 1 amide bonds. The molecule has 2 aromatic heterocycles. The molecule has 0 spiro atoms. The average molecular weight is 355 g/mol. The first-order chi connectivity index (χ1) is 12.0. The minimum atomic E-state index is -0.114. The summed E-state index contributed by atoms with van der Waals surface area (Å²) in [6, 6.07) is 11.3. The van der Waals surface area contributed by atoms with Crippen LogP contribution in [0.15, 0.2) is 48.8 Å². The fraction of sp³-hybridized carbons (Fsp3) is 0.211. The second-order valence-electron chi connectivity index (χ2n) is 5.89. The minimum absolute atomic E-state index is 0.114. The predicted molar refractivity (Wildman–Crippen MR) is 97.7 cm³/mol. The number of carbonyl (C=O) groups is 1. The van der Waals surface area contributed by atoms with Gasteiger partial charge in [0.1, 0.15) is 0 Å². The summed E-state index contributed by atoms with van der Waals surface area (Å²) in [5.41, 5.74) is 4.31. The maximum absolute atomic E-state index is 12.4. The van der Waals surface area contributed by atoms with Crippen molar-refractivity contribution in [3.05, 3.63) is 81.9 Å². The highest BCUT2D eigenvalue weighted by atomic mass is 35.5. The summed E-state index contributed by atoms with van der Waals surface area (Å²) in [7, 11) is 0. The Bertz CT molecular complexity index is 890. The summed E-state index contributed by atoms with van der Waals surface area (Å²) in [5, 5.41) is 8.03. The van der Waals surface area contributed by atoms with Gasteiger partial charge in [0.15, 0.2) is 0 Å². The first kappa shape index (κ1) is 17.2. The Morgan fingerprint density at radius 1 is 1.20 bits per heavy atom. The Balaban J connectivity index is 1.70. The van der Waals surface area contributed by atoms with Crippen molar-refractivity contribution in [2.24, 2.45) is 0 Å². The Hall–Kier alpha value is -2.66. The molecule has 0 saturated heterocycles. The fourth-order valence-corrected chi connectivity index (χ4v) is 2.74. The van der Waals surface area contributed by atoms with Gasteiger partial charge in [0.05, 0.1) is 23.0 Å². The zero-order valence-electron chi connectivity index (χ0n) is 14.2. The average Bonchev–Trinajstić information content (AvgIpc) is 2.87. The number of amides is 1. The lowest BCUT2D eigenvalue weighted by Gasteiger charge is -2.08. The highest BCUT2D eigenvalue weighted by molar-refractivity contribution is 6.31. The third kappa shape index (κ3) is 4.06. The number of benzene rings is 1. The number of carbonyl (C=O) groups excluding carboxylic acids is 1. The number of hydrogen-bond acceptors (Lipinski definition) is 3. The third-order valence-corrected chi connectivity index (χ3v) is 4.54. The van der Waals surface area contributed by atoms with Crippen LogP contribution in [0.25, 0.3) is 0 Å². The number of nitrogens with one attached hydrogen (secondary N) is 1. The van der Waals surface area contributed by atoms with Gasteiger partial charge in [-0.25, -0.2) is 0 Å². The number of halogens is 1. The second-order valence-corrected chi connectivity index (χ2v) is 6.26. The summed E-state index contributed by atoms with van der Waals surface area (Å²) in [5.74, 6) is -0.114. The van der Waals surface area contributed by atoms with Crippen molar-refractivity contribution in [3.8, 4) is 0 Å². The number of hydrogen-bond donors (Lipinski definition) is 1. The van der Waals surface area contributed by atoms with E-state index in [1.54, 1.807) is 18.5 Å². The van der Waals surface area contributed by atoms with E-state index in [4.69, 9.17) is 11.6 Å². The highest BCUT2D eigenvalue weighted by Crippen LogP contribution is 2.20. The molecule has 6 heteroatoms. The lowest BCUT2D eigenvalue weighted by atomic mass is 10.1. The lowest BCUT2D eigenvalue weighted by Crippen LogP contribution is -2.23. The molecule has 3 aromatic rings. The second kappa shape index (κ2) is 7.49. The highest BCUT2D eigenvalue weighted by Gasteiger charge is 2.11. The molecule has 0 unspecified atom stereocenters. The van der Waals surface area contributed by atoms with Crippen molar-refractivity contribution >= 4 is 17.5 Å². The molecule has 128 valence electrons. The summed E-state index contributed by atoms with van der Waals surface area (Å²) in [6.45, 7) is 4.84. The van der Waals surface area contributed by atoms with E-state index in [9.17, 15) is 4.79 Å². The lowest BCUT2D eigenvalue weighted by molar-refractivity contribution is 0.0950. The van der Waals surface area contributed by atoms with E-state index in [0.29, 0.717) is 23.7 Å². The predicted octanol–water partition coefficient (Wildman–Crippen LogP) is 3.53. The van der Waals surface area contributed by atoms with Gasteiger partial charge in [-0.15, -0.1) is 0 Å². The van der Waals surface area contributed by atoms with Gasteiger partial charge in [0, 0.05) is 24.5 Å². The van der Waals surface area contributed by atoms with Gasteiger partial charge in [-0.3, -0.25) is 14.5 Å². The van der Waals surface area contributed by atoms with Crippen LogP contribution < -0.4 is 5.32 Å². The van der Waals surface area contributed by atoms with Gasteiger partial charge in [-0.2, -0.15) is 5.10 Å². The number of rotatable bonds is 5. The van der Waals surface area contributed by atoms with E-state index in [-0.39, 0.29) is 5.91 Å². The first-order valence-corrected chi connectivity index (χ1v) is 8.38. The van der Waals surface area contributed by atoms with Gasteiger partial charge in [0.25, 0.3) is 5.91 Å². The molecular formula is C19H19ClN4O. The van der Waals surface area contributed by atoms with Crippen molar-refractivity contribution in [3.63, 3.8) is 0 Å². The molecule has 0 aliphatic rings. The zero-order valence-corrected chi connectivity index (χ0v) is 14.9. The SMILES string of the molecule is Cc1nn(Cc2cccc(C(=O)NCc3cccnc3)c2)c(C)c1Cl. The Morgan fingerprint density at radius 2 is 2.00 bits per heavy atom. The maximum Gasteiger partial charge on any atom is 0.251 e. The smallest absolute Gasteiger partial charge is 0.251 e. The van der Waals surface area contributed by atoms with Crippen molar-refractivity contribution < 1.29 is 4.79 Å². The van der Waals surface area contributed by atoms with Crippen molar-refractivity contribution in [1.82, 2.24) is 20.1 Å². The molecule has 0 saturated carbocycles. The van der Waals surface area contributed by atoms with Crippen LogP contribution in [0.5, 0.6) is 0 Å². The summed E-state index contributed by atoms with van der Waals surface area (Å²) in [4.78, 5) is 16.4. The van der Waals surface area contributed by atoms with Crippen LogP contribution >= 0.6 is 11.6 Å². The van der Waals surface area contributed by atoms with Crippen LogP contribution in [0.4, 0.5) is 0 Å². The molecule has 3 rings (SSSR count). The molecule has 1 aromatic carbocycles. The van der Waals surface area contributed by atoms with Gasteiger partial charge in [0.2, 0.25) is 0 Å². The largest absolute Gasteiger partial charge is 0.348 e. The number of aromatic nitrogens is 3. The fourth-order valence-electron chi connectivity index (χ4n) is 2.60. The molecule has 1 N–H and O–H groups in total. The summed E-state index contributed by atoms with van der Waals surface area (Å²) in [6.07, 6.45) is 3.45. The molecule has 0 aliphatic heterocycles. The van der Waals surface area contributed by atoms with Crippen molar-refractivity contribution in [2.45, 2.75) is 26.9 Å². The van der Waals surface area contributed by atoms with E-state index < -0.39 is 0 Å². The van der Waals surface area contributed by atoms with Crippen LogP contribution in [0.2, 0.25) is 5.02 Å². The molecular weight excluding hydrogens is 336 g/mol. The number of nitrogens with zero attached hydrogens (tertiary/aromatic N) is 3. The van der Waals surface area contributed by atoms with Crippen LogP contribution in [-0.4, -0.2) is 20.7 Å². The summed E-state index contributed by atoms with van der Waals surface area (Å²) >= 11 is 6.19.